The van der Waals surface area contributed by atoms with Crippen molar-refractivity contribution >= 4 is 5.78 Å². The minimum absolute atomic E-state index is 0.222. The van der Waals surface area contributed by atoms with Crippen LogP contribution in [0.1, 0.15) is 25.8 Å². The zero-order valence-corrected chi connectivity index (χ0v) is 10.8. The Morgan fingerprint density at radius 1 is 1.39 bits per heavy atom. The summed E-state index contributed by atoms with van der Waals surface area (Å²) in [6, 6.07) is 9.67. The Morgan fingerprint density at radius 3 is 2.56 bits per heavy atom. The molecule has 2 N–H and O–H groups in total. The maximum absolute atomic E-state index is 11.1. The fourth-order valence-electron chi connectivity index (χ4n) is 1.47. The predicted molar refractivity (Wildman–Crippen MR) is 68.0 cm³/mol. The molecule has 0 saturated carbocycles. The molecule has 0 saturated heterocycles. The lowest BCUT2D eigenvalue weighted by molar-refractivity contribution is -0.146. The van der Waals surface area contributed by atoms with Crippen LogP contribution in [0, 0.1) is 0 Å². The Balaban J connectivity index is 2.28. The average Bonchev–Trinajstić information content (AvgIpc) is 2.35. The van der Waals surface area contributed by atoms with Gasteiger partial charge in [-0.1, -0.05) is 30.3 Å². The van der Waals surface area contributed by atoms with Crippen molar-refractivity contribution in [3.8, 4) is 0 Å². The van der Waals surface area contributed by atoms with Crippen LogP contribution in [0.5, 0.6) is 0 Å². The molecule has 0 fully saturated rings. The number of carbonyl (C=O) groups excluding carboxylic acids is 1. The number of aliphatic hydroxyl groups is 2. The molecule has 0 aliphatic heterocycles. The van der Waals surface area contributed by atoms with Crippen LogP contribution in [0.2, 0.25) is 0 Å². The monoisotopic (exact) mass is 252 g/mol. The van der Waals surface area contributed by atoms with Gasteiger partial charge >= 0.3 is 0 Å². The first-order valence-electron chi connectivity index (χ1n) is 5.97. The van der Waals surface area contributed by atoms with Gasteiger partial charge in [0.1, 0.15) is 5.60 Å². The Kier molecular flexibility index (Phi) is 5.47. The number of aliphatic hydroxyl groups excluding tert-OH is 1. The second-order valence-corrected chi connectivity index (χ2v) is 4.55. The van der Waals surface area contributed by atoms with E-state index in [-0.39, 0.29) is 6.42 Å². The number of ketones is 1. The minimum Gasteiger partial charge on any atom is -0.390 e. The van der Waals surface area contributed by atoms with E-state index in [4.69, 9.17) is 4.74 Å². The van der Waals surface area contributed by atoms with Crippen LogP contribution in [0.4, 0.5) is 0 Å². The minimum atomic E-state index is -1.70. The summed E-state index contributed by atoms with van der Waals surface area (Å²) in [6.45, 7) is 3.32. The summed E-state index contributed by atoms with van der Waals surface area (Å²) in [6.07, 6.45) is -0.884. The third-order valence-electron chi connectivity index (χ3n) is 3.01. The van der Waals surface area contributed by atoms with Gasteiger partial charge in [0, 0.05) is 6.61 Å². The van der Waals surface area contributed by atoms with Gasteiger partial charge in [-0.25, -0.2) is 0 Å². The molecule has 0 radical (unpaired) electrons. The molecular formula is C14H20O4. The summed E-state index contributed by atoms with van der Waals surface area (Å²) < 4.78 is 5.38. The first-order chi connectivity index (χ1) is 8.44. The molecule has 1 aromatic carbocycles. The van der Waals surface area contributed by atoms with Crippen molar-refractivity contribution in [1.82, 2.24) is 0 Å². The van der Waals surface area contributed by atoms with Crippen molar-refractivity contribution in [2.75, 3.05) is 6.61 Å². The predicted octanol–water partition coefficient (Wildman–Crippen LogP) is 1.29. The molecule has 1 aromatic rings. The summed E-state index contributed by atoms with van der Waals surface area (Å²) in [4.78, 5) is 11.1. The molecule has 0 unspecified atom stereocenters. The number of benzene rings is 1. The molecule has 100 valence electrons. The molecule has 0 amide bonds. The zero-order valence-electron chi connectivity index (χ0n) is 10.8. The summed E-state index contributed by atoms with van der Waals surface area (Å²) in [5, 5.41) is 19.4. The van der Waals surface area contributed by atoms with E-state index in [9.17, 15) is 15.0 Å². The molecule has 0 spiro atoms. The lowest BCUT2D eigenvalue weighted by atomic mass is 9.93. The fraction of sp³-hybridized carbons (Fsp3) is 0.500. The van der Waals surface area contributed by atoms with Crippen molar-refractivity contribution < 1.29 is 19.7 Å². The van der Waals surface area contributed by atoms with E-state index in [1.54, 1.807) is 0 Å². The summed E-state index contributed by atoms with van der Waals surface area (Å²) >= 11 is 0. The number of hydrogen-bond acceptors (Lipinski definition) is 4. The molecule has 4 nitrogen and oxygen atoms in total. The largest absolute Gasteiger partial charge is 0.390 e. The van der Waals surface area contributed by atoms with Gasteiger partial charge in [0.15, 0.2) is 5.78 Å². The average molecular weight is 252 g/mol. The van der Waals surface area contributed by atoms with Crippen LogP contribution in [-0.2, 0) is 16.1 Å². The van der Waals surface area contributed by atoms with E-state index in [2.05, 4.69) is 0 Å². The molecule has 2 atom stereocenters. The van der Waals surface area contributed by atoms with Gasteiger partial charge < -0.3 is 14.9 Å². The van der Waals surface area contributed by atoms with E-state index in [0.29, 0.717) is 13.2 Å². The van der Waals surface area contributed by atoms with Crippen molar-refractivity contribution in [1.29, 1.82) is 0 Å². The van der Waals surface area contributed by atoms with E-state index >= 15 is 0 Å². The Hall–Kier alpha value is -1.23. The Labute approximate surface area is 107 Å². The van der Waals surface area contributed by atoms with Crippen LogP contribution in [0.3, 0.4) is 0 Å². The first kappa shape index (κ1) is 14.8. The third-order valence-corrected chi connectivity index (χ3v) is 3.01. The van der Waals surface area contributed by atoms with Crippen LogP contribution < -0.4 is 0 Å². The maximum atomic E-state index is 11.1. The lowest BCUT2D eigenvalue weighted by Gasteiger charge is -2.26. The van der Waals surface area contributed by atoms with Gasteiger partial charge in [-0.2, -0.15) is 0 Å². The molecular weight excluding hydrogens is 232 g/mol. The fourth-order valence-corrected chi connectivity index (χ4v) is 1.47. The molecule has 0 aliphatic carbocycles. The standard InChI is InChI=1S/C14H20O4/c1-11(15)14(2,17)13(16)8-9-18-10-12-6-4-3-5-7-12/h3-7,13,16-17H,8-10H2,1-2H3/t13-,14+/m0/s1. The molecule has 0 bridgehead atoms. The van der Waals surface area contributed by atoms with Crippen LogP contribution in [-0.4, -0.2) is 34.3 Å². The molecule has 0 aliphatic rings. The number of hydrogen-bond donors (Lipinski definition) is 2. The van der Waals surface area contributed by atoms with E-state index in [1.165, 1.54) is 13.8 Å². The highest BCUT2D eigenvalue weighted by molar-refractivity contribution is 5.84. The maximum Gasteiger partial charge on any atom is 0.163 e. The highest BCUT2D eigenvalue weighted by Gasteiger charge is 2.34. The van der Waals surface area contributed by atoms with Gasteiger partial charge in [0.25, 0.3) is 0 Å². The van der Waals surface area contributed by atoms with Gasteiger partial charge in [0.05, 0.1) is 12.7 Å². The van der Waals surface area contributed by atoms with Gasteiger partial charge in [-0.05, 0) is 25.8 Å². The smallest absolute Gasteiger partial charge is 0.163 e. The quantitative estimate of drug-likeness (QED) is 0.718. The molecule has 18 heavy (non-hydrogen) atoms. The normalized spacial score (nSPS) is 16.0. The summed E-state index contributed by atoms with van der Waals surface area (Å²) in [7, 11) is 0. The number of rotatable bonds is 7. The topological polar surface area (TPSA) is 66.8 Å². The van der Waals surface area contributed by atoms with Crippen molar-refractivity contribution in [3.05, 3.63) is 35.9 Å². The Bertz CT molecular complexity index is 373. The van der Waals surface area contributed by atoms with E-state index < -0.39 is 17.5 Å². The van der Waals surface area contributed by atoms with Crippen molar-refractivity contribution in [2.45, 2.75) is 38.6 Å². The van der Waals surface area contributed by atoms with Gasteiger partial charge in [0.2, 0.25) is 0 Å². The van der Waals surface area contributed by atoms with E-state index in [1.807, 2.05) is 30.3 Å². The van der Waals surface area contributed by atoms with E-state index in [0.717, 1.165) is 5.56 Å². The SMILES string of the molecule is CC(=O)[C@@](C)(O)[C@@H](O)CCOCc1ccccc1. The summed E-state index contributed by atoms with van der Waals surface area (Å²) in [5.41, 5.74) is -0.652. The first-order valence-corrected chi connectivity index (χ1v) is 5.97. The van der Waals surface area contributed by atoms with Crippen LogP contribution >= 0.6 is 0 Å². The zero-order chi connectivity index (χ0) is 13.6. The number of ether oxygens (including phenoxy) is 1. The number of Topliss-reactive ketones (excluding diaryl/α,β-unsaturated/α-hetero) is 1. The van der Waals surface area contributed by atoms with Gasteiger partial charge in [-0.15, -0.1) is 0 Å². The number of carbonyl (C=O) groups is 1. The molecule has 4 heteroatoms. The Morgan fingerprint density at radius 2 is 2.00 bits per heavy atom. The van der Waals surface area contributed by atoms with Crippen molar-refractivity contribution in [3.63, 3.8) is 0 Å². The lowest BCUT2D eigenvalue weighted by Crippen LogP contribution is -2.46. The van der Waals surface area contributed by atoms with Crippen LogP contribution in [0.25, 0.3) is 0 Å². The molecule has 0 aromatic heterocycles. The second kappa shape index (κ2) is 6.64. The van der Waals surface area contributed by atoms with Crippen molar-refractivity contribution in [2.24, 2.45) is 0 Å². The highest BCUT2D eigenvalue weighted by Crippen LogP contribution is 2.14. The van der Waals surface area contributed by atoms with Crippen LogP contribution in [0.15, 0.2) is 30.3 Å². The highest BCUT2D eigenvalue weighted by atomic mass is 16.5. The second-order valence-electron chi connectivity index (χ2n) is 4.55. The summed E-state index contributed by atoms with van der Waals surface area (Å²) in [5.74, 6) is -0.446. The van der Waals surface area contributed by atoms with Gasteiger partial charge in [-0.3, -0.25) is 4.79 Å². The molecule has 0 heterocycles. The molecule has 1 rings (SSSR count). The third kappa shape index (κ3) is 4.22.